The second kappa shape index (κ2) is 17.8. The highest BCUT2D eigenvalue weighted by Gasteiger charge is 2.32. The van der Waals surface area contributed by atoms with Crippen molar-refractivity contribution in [1.82, 2.24) is 19.1 Å². The Balaban J connectivity index is 0.000000224. The average molecular weight is 691 g/mol. The molecule has 2 aromatic heterocycles. The number of para-hydroxylation sites is 1. The van der Waals surface area contributed by atoms with Crippen LogP contribution in [-0.2, 0) is 9.53 Å². The number of nitrogens with zero attached hydrogens (tertiary/aromatic N) is 4. The van der Waals surface area contributed by atoms with Crippen LogP contribution in [0.3, 0.4) is 0 Å². The first-order valence-corrected chi connectivity index (χ1v) is 16.8. The number of Topliss-reactive ketones (excluding diaryl/α,β-unsaturated/α-hetero) is 2. The molecule has 0 amide bonds. The van der Waals surface area contributed by atoms with E-state index < -0.39 is 11.9 Å². The highest BCUT2D eigenvalue weighted by molar-refractivity contribution is 5.98. The van der Waals surface area contributed by atoms with E-state index in [1.54, 1.807) is 48.4 Å². The molecule has 6 rings (SSSR count). The van der Waals surface area contributed by atoms with Gasteiger partial charge in [0.25, 0.3) is 0 Å². The number of hydrogen-bond acceptors (Lipinski definition) is 8. The summed E-state index contributed by atoms with van der Waals surface area (Å²) in [7, 11) is 0. The van der Waals surface area contributed by atoms with Crippen LogP contribution < -0.4 is 4.74 Å². The molecular weight excluding hydrogens is 644 g/mol. The Labute approximate surface area is 299 Å². The van der Waals surface area contributed by atoms with Crippen LogP contribution in [0.1, 0.15) is 115 Å². The van der Waals surface area contributed by atoms with Crippen molar-refractivity contribution < 1.29 is 28.7 Å². The maximum atomic E-state index is 12.7. The maximum absolute atomic E-state index is 12.7. The van der Waals surface area contributed by atoms with Gasteiger partial charge in [-0.25, -0.2) is 19.6 Å². The number of carbonyl (C=O) groups excluding carboxylic acids is 4. The Kier molecular flexibility index (Phi) is 13.4. The molecule has 0 bridgehead atoms. The van der Waals surface area contributed by atoms with E-state index in [2.05, 4.69) is 9.97 Å². The van der Waals surface area contributed by atoms with Gasteiger partial charge in [0.2, 0.25) is 0 Å². The third kappa shape index (κ3) is 9.33. The fourth-order valence-corrected chi connectivity index (χ4v) is 6.23. The Morgan fingerprint density at radius 2 is 1.18 bits per heavy atom. The molecule has 0 N–H and O–H groups in total. The van der Waals surface area contributed by atoms with E-state index in [1.165, 1.54) is 19.3 Å². The molecular formula is C41H46N4O6. The Morgan fingerprint density at radius 3 is 1.71 bits per heavy atom. The second-order valence-corrected chi connectivity index (χ2v) is 12.4. The van der Waals surface area contributed by atoms with Crippen molar-refractivity contribution in [2.45, 2.75) is 79.0 Å². The fourth-order valence-electron chi connectivity index (χ4n) is 6.23. The smallest absolute Gasteiger partial charge is 0.362 e. The molecule has 4 atom stereocenters. The molecule has 1 saturated carbocycles. The Bertz CT molecular complexity index is 1920. The van der Waals surface area contributed by atoms with E-state index in [0.29, 0.717) is 17.0 Å². The predicted molar refractivity (Wildman–Crippen MR) is 195 cm³/mol. The molecule has 3 aromatic carbocycles. The highest BCUT2D eigenvalue weighted by atomic mass is 16.5. The monoisotopic (exact) mass is 690 g/mol. The van der Waals surface area contributed by atoms with Crippen LogP contribution in [0.15, 0.2) is 110 Å². The Morgan fingerprint density at radius 1 is 0.686 bits per heavy atom. The number of imidazole rings is 2. The van der Waals surface area contributed by atoms with Crippen LogP contribution in [0.5, 0.6) is 5.75 Å². The molecule has 10 nitrogen and oxygen atoms in total. The second-order valence-electron chi connectivity index (χ2n) is 12.4. The molecule has 10 heteroatoms. The topological polar surface area (TPSA) is 122 Å². The van der Waals surface area contributed by atoms with Gasteiger partial charge < -0.3 is 18.6 Å². The van der Waals surface area contributed by atoms with Gasteiger partial charge in [-0.05, 0) is 70.2 Å². The molecule has 0 aliphatic heterocycles. The highest BCUT2D eigenvalue weighted by Crippen LogP contribution is 2.29. The van der Waals surface area contributed by atoms with Gasteiger partial charge in [0.05, 0.1) is 48.6 Å². The van der Waals surface area contributed by atoms with Crippen LogP contribution in [0.2, 0.25) is 0 Å². The molecule has 5 aromatic rings. The van der Waals surface area contributed by atoms with Gasteiger partial charge in [-0.1, -0.05) is 86.6 Å². The summed E-state index contributed by atoms with van der Waals surface area (Å²) < 4.78 is 14.8. The lowest BCUT2D eigenvalue weighted by Crippen LogP contribution is -2.34. The maximum Gasteiger partial charge on any atom is 0.362 e. The lowest BCUT2D eigenvalue weighted by atomic mass is 9.84. The first kappa shape index (κ1) is 38.2. The van der Waals surface area contributed by atoms with Gasteiger partial charge in [0.15, 0.2) is 5.78 Å². The molecule has 266 valence electrons. The number of ether oxygens (including phenoxy) is 2. The van der Waals surface area contributed by atoms with Gasteiger partial charge in [-0.3, -0.25) is 9.59 Å². The summed E-state index contributed by atoms with van der Waals surface area (Å²) in [6.07, 6.45) is 9.48. The van der Waals surface area contributed by atoms with E-state index in [4.69, 9.17) is 9.47 Å². The van der Waals surface area contributed by atoms with Gasteiger partial charge in [-0.2, -0.15) is 0 Å². The van der Waals surface area contributed by atoms with E-state index in [1.807, 2.05) is 79.1 Å². The minimum Gasteiger partial charge on any atom is -0.457 e. The molecule has 0 saturated heterocycles. The molecule has 51 heavy (non-hydrogen) atoms. The molecule has 0 spiro atoms. The predicted octanol–water partition coefficient (Wildman–Crippen LogP) is 8.35. The fraction of sp³-hybridized carbons (Fsp3) is 0.317. The van der Waals surface area contributed by atoms with Crippen molar-refractivity contribution in [3.63, 3.8) is 0 Å². The van der Waals surface area contributed by atoms with Crippen LogP contribution >= 0.6 is 0 Å². The summed E-state index contributed by atoms with van der Waals surface area (Å²) >= 11 is 0. The summed E-state index contributed by atoms with van der Waals surface area (Å²) in [5.41, 5.74) is 3.27. The number of rotatable bonds is 10. The van der Waals surface area contributed by atoms with Crippen molar-refractivity contribution in [3.05, 3.63) is 138 Å². The largest absolute Gasteiger partial charge is 0.457 e. The van der Waals surface area contributed by atoms with E-state index >= 15 is 0 Å². The van der Waals surface area contributed by atoms with Gasteiger partial charge in [-0.15, -0.1) is 0 Å². The van der Waals surface area contributed by atoms with E-state index in [0.717, 1.165) is 36.8 Å². The van der Waals surface area contributed by atoms with E-state index in [-0.39, 0.29) is 48.8 Å². The quantitative estimate of drug-likeness (QED) is 0.0814. The minimum atomic E-state index is -0.547. The minimum absolute atomic E-state index is 0. The molecule has 2 heterocycles. The van der Waals surface area contributed by atoms with Gasteiger partial charge >= 0.3 is 11.9 Å². The van der Waals surface area contributed by atoms with Crippen LogP contribution in [0.4, 0.5) is 0 Å². The van der Waals surface area contributed by atoms with Crippen LogP contribution in [0, 0.1) is 5.92 Å². The van der Waals surface area contributed by atoms with E-state index in [9.17, 15) is 19.2 Å². The number of carbonyl (C=O) groups is 4. The number of ketones is 2. The van der Waals surface area contributed by atoms with Crippen molar-refractivity contribution in [2.75, 3.05) is 0 Å². The third-order valence-electron chi connectivity index (χ3n) is 9.10. The normalized spacial score (nSPS) is 16.3. The van der Waals surface area contributed by atoms with Crippen molar-refractivity contribution in [1.29, 1.82) is 0 Å². The number of aromatic nitrogens is 4. The van der Waals surface area contributed by atoms with Crippen molar-refractivity contribution >= 4 is 23.5 Å². The molecule has 1 fully saturated rings. The molecule has 1 aliphatic rings. The zero-order valence-electron chi connectivity index (χ0n) is 28.8. The summed E-state index contributed by atoms with van der Waals surface area (Å²) in [6, 6.07) is 26.4. The average Bonchev–Trinajstić information content (AvgIpc) is 3.84. The zero-order valence-corrected chi connectivity index (χ0v) is 28.8. The zero-order chi connectivity index (χ0) is 35.6. The summed E-state index contributed by atoms with van der Waals surface area (Å²) in [4.78, 5) is 57.0. The lowest BCUT2D eigenvalue weighted by molar-refractivity contribution is -0.125. The molecule has 0 radical (unpaired) electrons. The van der Waals surface area contributed by atoms with Gasteiger partial charge in [0.1, 0.15) is 29.0 Å². The summed E-state index contributed by atoms with van der Waals surface area (Å²) in [5, 5.41) is 0. The first-order chi connectivity index (χ1) is 24.2. The number of benzene rings is 3. The molecule has 1 aliphatic carbocycles. The van der Waals surface area contributed by atoms with Crippen molar-refractivity contribution in [2.24, 2.45) is 5.92 Å². The summed E-state index contributed by atoms with van der Waals surface area (Å²) in [5.74, 6) is -0.939. The Hall–Kier alpha value is -5.64. The van der Waals surface area contributed by atoms with Crippen molar-refractivity contribution in [3.8, 4) is 5.75 Å². The van der Waals surface area contributed by atoms with Gasteiger partial charge in [0, 0.05) is 0 Å². The van der Waals surface area contributed by atoms with Crippen LogP contribution in [0.25, 0.3) is 0 Å². The standard InChI is InChI=1S/C20H24N2O3.C20H18N2O3.CH4/c2*1-14(16-8-4-3-5-9-16)22-13-21-12-18(22)20(24)25-19-11-7-6-10-17(19)15(2)23;/h3-5,8-9,12-14,17,19H,6-7,10-11H2,1-2H3;3-14H,1-2H3;1H4/t14-,17?,19?;14-;/m11./s1. The molecule has 2 unspecified atom stereocenters. The first-order valence-electron chi connectivity index (χ1n) is 16.8. The summed E-state index contributed by atoms with van der Waals surface area (Å²) in [6.45, 7) is 7.02. The third-order valence-corrected chi connectivity index (χ3v) is 9.10. The number of hydrogen-bond donors (Lipinski definition) is 0. The number of esters is 2. The SMILES string of the molecule is C.CC(=O)C1CCCCC1OC(=O)c1cncn1[C@H](C)c1ccccc1.CC(=O)c1ccccc1OC(=O)c1cncn1[C@H](C)c1ccccc1. The van der Waals surface area contributed by atoms with Crippen LogP contribution in [-0.4, -0.2) is 48.7 Å². The lowest BCUT2D eigenvalue weighted by Gasteiger charge is -2.29.